The second kappa shape index (κ2) is 5.00. The van der Waals surface area contributed by atoms with Crippen LogP contribution in [0.4, 0.5) is 0 Å². The molecule has 0 aliphatic carbocycles. The zero-order valence-electron chi connectivity index (χ0n) is 3.83. The van der Waals surface area contributed by atoms with Crippen LogP contribution in [0.1, 0.15) is 12.8 Å². The molecule has 0 saturated carbocycles. The van der Waals surface area contributed by atoms with Crippen LogP contribution in [0.2, 0.25) is 3.67 Å². The molecule has 5 heavy (non-hydrogen) atoms. The maximum atomic E-state index is 3.70. The van der Waals surface area contributed by atoms with Crippen molar-refractivity contribution in [2.75, 3.05) is 0 Å². The molecule has 25 valence electrons. The van der Waals surface area contributed by atoms with Gasteiger partial charge < -0.3 is 0 Å². The third-order valence-corrected chi connectivity index (χ3v) is 1.31. The third kappa shape index (κ3) is 5.00. The van der Waals surface area contributed by atoms with Gasteiger partial charge in [0.2, 0.25) is 0 Å². The van der Waals surface area contributed by atoms with Gasteiger partial charge in [-0.15, -0.1) is 0 Å². The predicted molar refractivity (Wildman–Crippen MR) is 25.2 cm³/mol. The molecule has 0 amide bonds. The number of rotatable bonds is 2. The van der Waals surface area contributed by atoms with Crippen molar-refractivity contribution < 1.29 is 0 Å². The molecule has 0 heterocycles. The topological polar surface area (TPSA) is 0 Å². The van der Waals surface area contributed by atoms with Crippen molar-refractivity contribution in [3.63, 3.8) is 0 Å². The Kier molecular flexibility index (Phi) is 6.00. The Balaban J connectivity index is 2.19. The first-order valence-electron chi connectivity index (χ1n) is 2.21. The fourth-order valence-electron chi connectivity index (χ4n) is 0.250. The Morgan fingerprint density at radius 1 is 1.60 bits per heavy atom. The van der Waals surface area contributed by atoms with E-state index in [1.54, 1.807) is 0 Å². The van der Waals surface area contributed by atoms with Crippen LogP contribution in [0.25, 0.3) is 0 Å². The Hall–Kier alpha value is 1.00. The van der Waals surface area contributed by atoms with Gasteiger partial charge in [-0.3, -0.25) is 0 Å². The van der Waals surface area contributed by atoms with E-state index in [1.165, 1.54) is 38.0 Å². The van der Waals surface area contributed by atoms with Crippen molar-refractivity contribution in [3.8, 4) is 0 Å². The van der Waals surface area contributed by atoms with E-state index in [9.17, 15) is 0 Å². The monoisotopic (exact) mass is 79.1 g/mol. The summed E-state index contributed by atoms with van der Waals surface area (Å²) in [6, 6.07) is 0. The van der Waals surface area contributed by atoms with E-state index in [0.717, 1.165) is 6.42 Å². The van der Waals surface area contributed by atoms with Crippen molar-refractivity contribution in [2.45, 2.75) is 16.5 Å². The normalized spacial score (nSPS) is 8.60. The fraction of sp³-hybridized carbons (Fsp3) is 0.750. The van der Waals surface area contributed by atoms with Crippen molar-refractivity contribution in [2.24, 2.45) is 0 Å². The van der Waals surface area contributed by atoms with Crippen LogP contribution in [-0.4, -0.2) is 27.9 Å². The average molecular weight is 79.1 g/mol. The molecule has 0 aromatic heterocycles. The molecule has 0 bridgehead atoms. The quantitative estimate of drug-likeness (QED) is 0.436. The Bertz CT molecular complexity index is 11.1. The van der Waals surface area contributed by atoms with E-state index >= 15 is 0 Å². The summed E-state index contributed by atoms with van der Waals surface area (Å²) in [6.45, 7) is 3.70. The van der Waals surface area contributed by atoms with Gasteiger partial charge >= 0.3 is 51.4 Å². The van der Waals surface area contributed by atoms with Gasteiger partial charge in [-0.25, -0.2) is 0 Å². The van der Waals surface area contributed by atoms with E-state index in [0.29, 0.717) is 0 Å². The molecule has 1 heteroatoms. The molecule has 0 aliphatic heterocycles. The van der Waals surface area contributed by atoms with Gasteiger partial charge in [0.25, 0.3) is 0 Å². The molecule has 0 N–H and O–H groups in total. The predicted octanol–water partition coefficient (Wildman–Crippen LogP) is 1.19. The first-order valence-corrected chi connectivity index (χ1v) is 3.62. The van der Waals surface area contributed by atoms with Gasteiger partial charge in [-0.05, 0) is 0 Å². The van der Waals surface area contributed by atoms with Crippen LogP contribution in [0.15, 0.2) is 0 Å². The minimum absolute atomic E-state index is 1.13. The van der Waals surface area contributed by atoms with Crippen molar-refractivity contribution >= 4 is 27.9 Å². The molecule has 0 aromatic carbocycles. The molecule has 0 nitrogen and oxygen atoms in total. The molecule has 0 fully saturated rings. The Labute approximate surface area is 51.4 Å². The van der Waals surface area contributed by atoms with Gasteiger partial charge in [0.15, 0.2) is 0 Å². The zero-order chi connectivity index (χ0) is 4.12. The summed E-state index contributed by atoms with van der Waals surface area (Å²) in [5, 5.41) is 0. The van der Waals surface area contributed by atoms with Crippen molar-refractivity contribution in [3.05, 3.63) is 6.92 Å². The summed E-state index contributed by atoms with van der Waals surface area (Å²) >= 11 is 1.36. The van der Waals surface area contributed by atoms with Gasteiger partial charge in [-0.2, -0.15) is 0 Å². The molecule has 0 atom stereocenters. The summed E-state index contributed by atoms with van der Waals surface area (Å²) < 4.78 is 1.42. The van der Waals surface area contributed by atoms with Gasteiger partial charge in [0, 0.05) is 0 Å². The van der Waals surface area contributed by atoms with E-state index in [1.807, 2.05) is 0 Å². The van der Waals surface area contributed by atoms with Gasteiger partial charge in [0.1, 0.15) is 0 Å². The van der Waals surface area contributed by atoms with Crippen LogP contribution in [0.3, 0.4) is 0 Å². The second-order valence-electron chi connectivity index (χ2n) is 1.21. The Morgan fingerprint density at radius 3 is 2.20 bits per heavy atom. The summed E-state index contributed by atoms with van der Waals surface area (Å²) in [6.07, 6.45) is 2.47. The molecule has 1 radical (unpaired) electrons. The summed E-state index contributed by atoms with van der Waals surface area (Å²) in [7, 11) is 0. The first kappa shape index (κ1) is 6.00. The number of hydrogen-bond donors (Lipinski definition) is 0. The molecule has 0 rings (SSSR count). The number of unbranched alkanes of at least 4 members (excludes halogenated alkanes) is 1. The molecule has 0 spiro atoms. The fourth-order valence-corrected chi connectivity index (χ4v) is 0.750. The van der Waals surface area contributed by atoms with Crippen LogP contribution in [-0.2, 0) is 0 Å². The Morgan fingerprint density at radius 2 is 2.20 bits per heavy atom. The molecule has 0 unspecified atom stereocenters. The summed E-state index contributed by atoms with van der Waals surface area (Å²) in [5.74, 6) is 0. The molecular formula is C4H8Na. The standard InChI is InChI=1S/C4H8.Na/c1-3-4-2;/h1-4H2;. The van der Waals surface area contributed by atoms with Crippen LogP contribution in [0.5, 0.6) is 0 Å². The van der Waals surface area contributed by atoms with Gasteiger partial charge in [-0.1, -0.05) is 0 Å². The van der Waals surface area contributed by atoms with E-state index in [2.05, 4.69) is 6.92 Å². The van der Waals surface area contributed by atoms with E-state index in [4.69, 9.17) is 0 Å². The van der Waals surface area contributed by atoms with Crippen LogP contribution in [0, 0.1) is 6.92 Å². The first-order chi connectivity index (χ1) is 2.41. The minimum atomic E-state index is 1.13. The summed E-state index contributed by atoms with van der Waals surface area (Å²) in [5.41, 5.74) is 0. The third-order valence-electron chi connectivity index (χ3n) is 0.604. The van der Waals surface area contributed by atoms with Crippen molar-refractivity contribution in [1.82, 2.24) is 0 Å². The second-order valence-corrected chi connectivity index (χ2v) is 2.21. The van der Waals surface area contributed by atoms with Gasteiger partial charge in [0.05, 0.1) is 0 Å². The van der Waals surface area contributed by atoms with Crippen molar-refractivity contribution in [1.29, 1.82) is 0 Å². The number of hydrogen-bond acceptors (Lipinski definition) is 0. The van der Waals surface area contributed by atoms with Crippen LogP contribution < -0.4 is 0 Å². The van der Waals surface area contributed by atoms with E-state index in [-0.39, 0.29) is 0 Å². The molecule has 0 saturated heterocycles. The molecular weight excluding hydrogens is 71.0 g/mol. The molecule has 0 aromatic rings. The zero-order valence-corrected chi connectivity index (χ0v) is 5.83. The summed E-state index contributed by atoms with van der Waals surface area (Å²) in [4.78, 5) is 0. The average Bonchev–Trinajstić information content (AvgIpc) is 1.41. The van der Waals surface area contributed by atoms with Crippen LogP contribution >= 0.6 is 0 Å². The maximum absolute atomic E-state index is 3.70. The SMILES string of the molecule is [CH2]CC[CH2][Na]. The molecule has 0 aliphatic rings. The van der Waals surface area contributed by atoms with E-state index < -0.39 is 0 Å².